The normalized spacial score (nSPS) is 21.5. The fraction of sp³-hybridized carbons (Fsp3) is 0.500. The van der Waals surface area contributed by atoms with E-state index in [0.29, 0.717) is 11.1 Å². The number of carbonyl (C=O) groups is 2. The molecule has 22 heavy (non-hydrogen) atoms. The molecule has 2 aliphatic rings. The predicted molar refractivity (Wildman–Crippen MR) is 74.4 cm³/mol. The van der Waals surface area contributed by atoms with Crippen LogP contribution in [0, 0.1) is 5.41 Å². The minimum absolute atomic E-state index is 0.189. The first kappa shape index (κ1) is 15.0. The van der Waals surface area contributed by atoms with Gasteiger partial charge in [-0.2, -0.15) is 0 Å². The van der Waals surface area contributed by atoms with E-state index in [2.05, 4.69) is 0 Å². The van der Waals surface area contributed by atoms with E-state index in [1.807, 2.05) is 0 Å². The van der Waals surface area contributed by atoms with Crippen LogP contribution in [-0.4, -0.2) is 27.9 Å². The SMILES string of the molecule is CC1(C)OC(=O)C2(Cc3cc(CO)c(CO)cc3C2)C(=O)O1. The Balaban J connectivity index is 2.00. The van der Waals surface area contributed by atoms with Crippen molar-refractivity contribution in [3.05, 3.63) is 34.4 Å². The summed E-state index contributed by atoms with van der Waals surface area (Å²) in [4.78, 5) is 24.8. The van der Waals surface area contributed by atoms with Gasteiger partial charge in [0, 0.05) is 13.8 Å². The molecule has 2 N–H and O–H groups in total. The number of hydrogen-bond donors (Lipinski definition) is 2. The van der Waals surface area contributed by atoms with Crippen LogP contribution in [0.25, 0.3) is 0 Å². The maximum atomic E-state index is 12.4. The standard InChI is InChI=1S/C16H18O6/c1-15(2)21-13(19)16(14(20)22-15)5-9-3-11(7-17)12(8-18)4-10(9)6-16/h3-4,17-18H,5-8H2,1-2H3. The predicted octanol–water partition coefficient (Wildman–Crippen LogP) is 0.592. The summed E-state index contributed by atoms with van der Waals surface area (Å²) in [7, 11) is 0. The molecule has 6 heteroatoms. The van der Waals surface area contributed by atoms with Crippen LogP contribution in [-0.2, 0) is 45.1 Å². The Kier molecular flexibility index (Phi) is 3.27. The van der Waals surface area contributed by atoms with Crippen molar-refractivity contribution in [2.24, 2.45) is 5.41 Å². The number of cyclic esters (lactones) is 2. The monoisotopic (exact) mass is 306 g/mol. The summed E-state index contributed by atoms with van der Waals surface area (Å²) >= 11 is 0. The first-order chi connectivity index (χ1) is 10.3. The lowest BCUT2D eigenvalue weighted by Gasteiger charge is -2.38. The Morgan fingerprint density at radius 2 is 1.36 bits per heavy atom. The summed E-state index contributed by atoms with van der Waals surface area (Å²) in [5.41, 5.74) is 1.44. The van der Waals surface area contributed by atoms with Crippen LogP contribution in [0.15, 0.2) is 12.1 Å². The highest BCUT2D eigenvalue weighted by molar-refractivity contribution is 6.03. The molecule has 0 radical (unpaired) electrons. The molecule has 0 amide bonds. The molecule has 6 nitrogen and oxygen atoms in total. The van der Waals surface area contributed by atoms with Crippen LogP contribution < -0.4 is 0 Å². The van der Waals surface area contributed by atoms with E-state index >= 15 is 0 Å². The van der Waals surface area contributed by atoms with Gasteiger partial charge < -0.3 is 19.7 Å². The van der Waals surface area contributed by atoms with Gasteiger partial charge in [0.25, 0.3) is 5.79 Å². The number of rotatable bonds is 2. The van der Waals surface area contributed by atoms with Crippen LogP contribution in [0.5, 0.6) is 0 Å². The van der Waals surface area contributed by atoms with Crippen molar-refractivity contribution < 1.29 is 29.3 Å². The topological polar surface area (TPSA) is 93.1 Å². The molecular weight excluding hydrogens is 288 g/mol. The van der Waals surface area contributed by atoms with Crippen LogP contribution >= 0.6 is 0 Å². The number of benzene rings is 1. The highest BCUT2D eigenvalue weighted by Gasteiger charge is 2.58. The van der Waals surface area contributed by atoms with E-state index in [-0.39, 0.29) is 26.1 Å². The molecule has 1 saturated heterocycles. The number of ether oxygens (including phenoxy) is 2. The van der Waals surface area contributed by atoms with Crippen molar-refractivity contribution in [2.45, 2.75) is 45.7 Å². The van der Waals surface area contributed by atoms with Crippen LogP contribution in [0.1, 0.15) is 36.1 Å². The highest BCUT2D eigenvalue weighted by Crippen LogP contribution is 2.44. The van der Waals surface area contributed by atoms with Crippen molar-refractivity contribution in [3.63, 3.8) is 0 Å². The average Bonchev–Trinajstić information content (AvgIpc) is 2.82. The maximum absolute atomic E-state index is 12.4. The summed E-state index contributed by atoms with van der Waals surface area (Å²) < 4.78 is 10.5. The molecule has 1 aromatic rings. The molecule has 1 aliphatic carbocycles. The molecule has 3 rings (SSSR count). The Labute approximate surface area is 127 Å². The van der Waals surface area contributed by atoms with Crippen molar-refractivity contribution in [2.75, 3.05) is 0 Å². The van der Waals surface area contributed by atoms with E-state index in [4.69, 9.17) is 9.47 Å². The second-order valence-electron chi connectivity index (χ2n) is 6.32. The summed E-state index contributed by atoms with van der Waals surface area (Å²) in [6.07, 6.45) is 0.379. The molecule has 1 heterocycles. The fourth-order valence-corrected chi connectivity index (χ4v) is 3.16. The molecule has 0 saturated carbocycles. The Morgan fingerprint density at radius 3 is 1.73 bits per heavy atom. The van der Waals surface area contributed by atoms with E-state index in [9.17, 15) is 19.8 Å². The largest absolute Gasteiger partial charge is 0.422 e. The number of aliphatic hydroxyl groups excluding tert-OH is 2. The lowest BCUT2D eigenvalue weighted by Crippen LogP contribution is -2.54. The molecule has 0 aromatic heterocycles. The van der Waals surface area contributed by atoms with Gasteiger partial charge in [-0.05, 0) is 35.1 Å². The van der Waals surface area contributed by atoms with E-state index in [1.165, 1.54) is 13.8 Å². The molecule has 118 valence electrons. The van der Waals surface area contributed by atoms with E-state index < -0.39 is 23.1 Å². The minimum Gasteiger partial charge on any atom is -0.422 e. The second-order valence-corrected chi connectivity index (χ2v) is 6.32. The summed E-state index contributed by atoms with van der Waals surface area (Å²) in [6, 6.07) is 3.46. The van der Waals surface area contributed by atoms with Crippen molar-refractivity contribution >= 4 is 11.9 Å². The first-order valence-corrected chi connectivity index (χ1v) is 7.13. The Bertz CT molecular complexity index is 606. The summed E-state index contributed by atoms with van der Waals surface area (Å²) in [5, 5.41) is 18.7. The van der Waals surface area contributed by atoms with Crippen LogP contribution in [0.2, 0.25) is 0 Å². The van der Waals surface area contributed by atoms with Gasteiger partial charge >= 0.3 is 11.9 Å². The van der Waals surface area contributed by atoms with Crippen molar-refractivity contribution in [1.82, 2.24) is 0 Å². The van der Waals surface area contributed by atoms with Crippen molar-refractivity contribution in [3.8, 4) is 0 Å². The molecule has 1 aliphatic heterocycles. The number of fused-ring (bicyclic) bond motifs is 1. The third-order valence-corrected chi connectivity index (χ3v) is 4.31. The number of hydrogen-bond acceptors (Lipinski definition) is 6. The Morgan fingerprint density at radius 1 is 0.955 bits per heavy atom. The number of aliphatic hydroxyl groups is 2. The van der Waals surface area contributed by atoms with Gasteiger partial charge in [-0.3, -0.25) is 9.59 Å². The number of carbonyl (C=O) groups excluding carboxylic acids is 2. The molecule has 1 fully saturated rings. The molecule has 0 atom stereocenters. The molecule has 0 bridgehead atoms. The summed E-state index contributed by atoms with van der Waals surface area (Å²) in [6.45, 7) is 2.62. The lowest BCUT2D eigenvalue weighted by atomic mass is 9.84. The third kappa shape index (κ3) is 2.10. The van der Waals surface area contributed by atoms with Gasteiger partial charge in [0.15, 0.2) is 5.41 Å². The minimum atomic E-state index is -1.35. The summed E-state index contributed by atoms with van der Waals surface area (Å²) in [5.74, 6) is -2.41. The van der Waals surface area contributed by atoms with Gasteiger partial charge in [-0.15, -0.1) is 0 Å². The van der Waals surface area contributed by atoms with Gasteiger partial charge in [0.05, 0.1) is 13.2 Å². The molecule has 1 spiro atoms. The zero-order valence-electron chi connectivity index (χ0n) is 12.5. The van der Waals surface area contributed by atoms with E-state index in [0.717, 1.165) is 11.1 Å². The van der Waals surface area contributed by atoms with Gasteiger partial charge in [0.2, 0.25) is 0 Å². The molecular formula is C16H18O6. The highest BCUT2D eigenvalue weighted by atomic mass is 16.7. The van der Waals surface area contributed by atoms with Gasteiger partial charge in [-0.1, -0.05) is 12.1 Å². The van der Waals surface area contributed by atoms with Crippen LogP contribution in [0.4, 0.5) is 0 Å². The third-order valence-electron chi connectivity index (χ3n) is 4.31. The van der Waals surface area contributed by atoms with Crippen LogP contribution in [0.3, 0.4) is 0 Å². The Hall–Kier alpha value is -1.92. The smallest absolute Gasteiger partial charge is 0.327 e. The average molecular weight is 306 g/mol. The fourth-order valence-electron chi connectivity index (χ4n) is 3.16. The second kappa shape index (κ2) is 4.79. The maximum Gasteiger partial charge on any atom is 0.327 e. The zero-order chi connectivity index (χ0) is 16.1. The van der Waals surface area contributed by atoms with Crippen molar-refractivity contribution in [1.29, 1.82) is 0 Å². The molecule has 1 aromatic carbocycles. The zero-order valence-corrected chi connectivity index (χ0v) is 12.5. The van der Waals surface area contributed by atoms with Gasteiger partial charge in [-0.25, -0.2) is 0 Å². The van der Waals surface area contributed by atoms with E-state index in [1.54, 1.807) is 12.1 Å². The molecule has 0 unspecified atom stereocenters. The number of esters is 2. The van der Waals surface area contributed by atoms with Gasteiger partial charge in [0.1, 0.15) is 0 Å². The first-order valence-electron chi connectivity index (χ1n) is 7.13. The quantitative estimate of drug-likeness (QED) is 0.614. The lowest BCUT2D eigenvalue weighted by molar-refractivity contribution is -0.250.